The summed E-state index contributed by atoms with van der Waals surface area (Å²) in [6, 6.07) is 15.6. The second kappa shape index (κ2) is 11.8. The normalized spacial score (nSPS) is 12.8. The third-order valence-corrected chi connectivity index (χ3v) is 5.12. The van der Waals surface area contributed by atoms with Gasteiger partial charge < -0.3 is 5.11 Å². The molecule has 0 amide bonds. The molecule has 0 aliphatic rings. The molecule has 3 nitrogen and oxygen atoms in total. The molecule has 2 aromatic carbocycles. The molecule has 0 radical (unpaired) electrons. The number of rotatable bonds is 10. The van der Waals surface area contributed by atoms with Crippen molar-refractivity contribution in [2.75, 3.05) is 13.1 Å². The summed E-state index contributed by atoms with van der Waals surface area (Å²) in [4.78, 5) is 7.22. The Labute approximate surface area is 180 Å². The van der Waals surface area contributed by atoms with Crippen LogP contribution in [0.5, 0.6) is 5.75 Å². The van der Waals surface area contributed by atoms with Crippen molar-refractivity contribution in [3.05, 3.63) is 76.5 Å². The van der Waals surface area contributed by atoms with Gasteiger partial charge in [-0.2, -0.15) is 0 Å². The number of nitrogens with zero attached hydrogens (tertiary/aromatic N) is 2. The average Bonchev–Trinajstić information content (AvgIpc) is 2.69. The predicted octanol–water partition coefficient (Wildman–Crippen LogP) is 6.70. The van der Waals surface area contributed by atoms with Crippen LogP contribution in [0.3, 0.4) is 0 Å². The van der Waals surface area contributed by atoms with E-state index in [2.05, 4.69) is 56.9 Å². The lowest BCUT2D eigenvalue weighted by atomic mass is 10.00. The van der Waals surface area contributed by atoms with Crippen molar-refractivity contribution < 1.29 is 5.11 Å². The number of benzene rings is 2. The number of phenolic OH excluding ortho intramolecular Hbond substituents is 1. The van der Waals surface area contributed by atoms with E-state index in [1.807, 2.05) is 18.3 Å². The van der Waals surface area contributed by atoms with E-state index in [9.17, 15) is 5.11 Å². The lowest BCUT2D eigenvalue weighted by Gasteiger charge is -2.23. The number of aromatic hydroxyl groups is 1. The van der Waals surface area contributed by atoms with Gasteiger partial charge in [0.25, 0.3) is 0 Å². The van der Waals surface area contributed by atoms with Crippen molar-refractivity contribution in [3.8, 4) is 5.75 Å². The maximum Gasteiger partial charge on any atom is 0.117 e. The highest BCUT2D eigenvalue weighted by Crippen LogP contribution is 2.23. The van der Waals surface area contributed by atoms with E-state index in [0.717, 1.165) is 43.8 Å². The maximum absolute atomic E-state index is 9.60. The number of unbranched alkanes of at least 4 members (excludes halogenated alkanes) is 1. The van der Waals surface area contributed by atoms with E-state index < -0.39 is 0 Å². The van der Waals surface area contributed by atoms with Crippen molar-refractivity contribution >= 4 is 17.3 Å². The van der Waals surface area contributed by atoms with Crippen molar-refractivity contribution in [1.82, 2.24) is 4.90 Å². The van der Waals surface area contributed by atoms with Crippen LogP contribution in [0, 0.1) is 5.92 Å². The van der Waals surface area contributed by atoms with Crippen LogP contribution in [-0.4, -0.2) is 28.8 Å². The molecule has 0 atom stereocenters. The Kier molecular flexibility index (Phi) is 9.43. The molecule has 1 N–H and O–H groups in total. The summed E-state index contributed by atoms with van der Waals surface area (Å²) >= 11 is 6.33. The Hall–Kier alpha value is -2.10. The van der Waals surface area contributed by atoms with Crippen LogP contribution in [0.2, 0.25) is 5.02 Å². The van der Waals surface area contributed by atoms with Gasteiger partial charge in [0.1, 0.15) is 5.75 Å². The molecule has 4 heteroatoms. The van der Waals surface area contributed by atoms with Crippen molar-refractivity contribution in [2.45, 2.75) is 47.1 Å². The second-order valence-electron chi connectivity index (χ2n) is 7.85. The molecule has 0 aromatic heterocycles. The Morgan fingerprint density at radius 3 is 2.52 bits per heavy atom. The largest absolute Gasteiger partial charge is 0.508 e. The van der Waals surface area contributed by atoms with E-state index >= 15 is 0 Å². The molecule has 0 heterocycles. The van der Waals surface area contributed by atoms with Crippen LogP contribution in [0.4, 0.5) is 0 Å². The van der Waals surface area contributed by atoms with E-state index in [4.69, 9.17) is 16.6 Å². The third-order valence-electron chi connectivity index (χ3n) is 4.77. The van der Waals surface area contributed by atoms with Crippen molar-refractivity contribution in [2.24, 2.45) is 10.9 Å². The van der Waals surface area contributed by atoms with Gasteiger partial charge in [-0.15, -0.1) is 0 Å². The first-order valence-corrected chi connectivity index (χ1v) is 10.8. The molecule has 0 saturated carbocycles. The zero-order valence-corrected chi connectivity index (χ0v) is 18.8. The van der Waals surface area contributed by atoms with E-state index in [-0.39, 0.29) is 5.75 Å². The lowest BCUT2D eigenvalue weighted by Crippen LogP contribution is -2.26. The molecule has 156 valence electrons. The Bertz CT molecular complexity index is 828. The standard InChI is InChI=1S/C25H33ClN2O/c1-5-6-14-28(18-22-12-13-23(29)15-24(22)26)17-20(4)16-27-25(19(2)3)21-10-8-7-9-11-21/h7-13,15-16,19,29H,5-6,14,17-18H2,1-4H3/b20-16+,27-25?. The summed E-state index contributed by atoms with van der Waals surface area (Å²) in [5.74, 6) is 0.555. The fourth-order valence-corrected chi connectivity index (χ4v) is 3.47. The second-order valence-corrected chi connectivity index (χ2v) is 8.26. The minimum Gasteiger partial charge on any atom is -0.508 e. The fraction of sp³-hybridized carbons (Fsp3) is 0.400. The molecule has 0 aliphatic carbocycles. The minimum atomic E-state index is 0.200. The molecule has 0 unspecified atom stereocenters. The van der Waals surface area contributed by atoms with Crippen LogP contribution in [0.25, 0.3) is 0 Å². The maximum atomic E-state index is 9.60. The summed E-state index contributed by atoms with van der Waals surface area (Å²) in [5, 5.41) is 10.2. The van der Waals surface area contributed by atoms with Gasteiger partial charge in [-0.1, -0.05) is 75.2 Å². The van der Waals surface area contributed by atoms with Crippen LogP contribution in [0.1, 0.15) is 51.7 Å². The van der Waals surface area contributed by atoms with Gasteiger partial charge in [0.05, 0.1) is 5.71 Å². The first-order chi connectivity index (χ1) is 13.9. The smallest absolute Gasteiger partial charge is 0.117 e. The molecule has 0 fully saturated rings. The Balaban J connectivity index is 2.16. The Morgan fingerprint density at radius 2 is 1.90 bits per heavy atom. The zero-order valence-electron chi connectivity index (χ0n) is 18.0. The monoisotopic (exact) mass is 412 g/mol. The summed E-state index contributed by atoms with van der Waals surface area (Å²) < 4.78 is 0. The summed E-state index contributed by atoms with van der Waals surface area (Å²) in [6.07, 6.45) is 4.28. The number of halogens is 1. The minimum absolute atomic E-state index is 0.200. The van der Waals surface area contributed by atoms with Gasteiger partial charge in [-0.05, 0) is 54.6 Å². The molecule has 2 rings (SSSR count). The van der Waals surface area contributed by atoms with Crippen LogP contribution >= 0.6 is 11.6 Å². The SMILES string of the molecule is CCCCN(C/C(C)=C/N=C(c1ccccc1)C(C)C)Cc1ccc(O)cc1Cl. The van der Waals surface area contributed by atoms with Gasteiger partial charge in [0, 0.05) is 24.3 Å². The fourth-order valence-electron chi connectivity index (χ4n) is 3.24. The molecular weight excluding hydrogens is 380 g/mol. The van der Waals surface area contributed by atoms with Gasteiger partial charge in [0.2, 0.25) is 0 Å². The molecule has 29 heavy (non-hydrogen) atoms. The highest BCUT2D eigenvalue weighted by Gasteiger charge is 2.11. The van der Waals surface area contributed by atoms with Crippen molar-refractivity contribution in [3.63, 3.8) is 0 Å². The topological polar surface area (TPSA) is 35.8 Å². The van der Waals surface area contributed by atoms with E-state index in [0.29, 0.717) is 10.9 Å². The molecule has 0 saturated heterocycles. The van der Waals surface area contributed by atoms with Gasteiger partial charge >= 0.3 is 0 Å². The van der Waals surface area contributed by atoms with Gasteiger partial charge in [0.15, 0.2) is 0 Å². The van der Waals surface area contributed by atoms with Gasteiger partial charge in [-0.25, -0.2) is 0 Å². The summed E-state index contributed by atoms with van der Waals surface area (Å²) in [6.45, 7) is 11.3. The van der Waals surface area contributed by atoms with Gasteiger partial charge in [-0.3, -0.25) is 9.89 Å². The first kappa shape index (κ1) is 23.2. The zero-order chi connectivity index (χ0) is 21.2. The quantitative estimate of drug-likeness (QED) is 0.441. The number of hydrogen-bond acceptors (Lipinski definition) is 3. The van der Waals surface area contributed by atoms with E-state index in [1.54, 1.807) is 12.1 Å². The van der Waals surface area contributed by atoms with Crippen LogP contribution < -0.4 is 0 Å². The lowest BCUT2D eigenvalue weighted by molar-refractivity contribution is 0.283. The molecule has 0 bridgehead atoms. The number of hydrogen-bond donors (Lipinski definition) is 1. The average molecular weight is 413 g/mol. The molecule has 0 aliphatic heterocycles. The van der Waals surface area contributed by atoms with Crippen LogP contribution in [-0.2, 0) is 6.54 Å². The van der Waals surface area contributed by atoms with Crippen molar-refractivity contribution in [1.29, 1.82) is 0 Å². The molecule has 2 aromatic rings. The predicted molar refractivity (Wildman–Crippen MR) is 125 cm³/mol. The summed E-state index contributed by atoms with van der Waals surface area (Å²) in [7, 11) is 0. The summed E-state index contributed by atoms with van der Waals surface area (Å²) in [5.41, 5.74) is 4.52. The first-order valence-electron chi connectivity index (χ1n) is 10.4. The number of aliphatic imine (C=N–C) groups is 1. The molecule has 0 spiro atoms. The third kappa shape index (κ3) is 7.68. The highest BCUT2D eigenvalue weighted by atomic mass is 35.5. The van der Waals surface area contributed by atoms with Crippen LogP contribution in [0.15, 0.2) is 65.3 Å². The Morgan fingerprint density at radius 1 is 1.17 bits per heavy atom. The molecular formula is C25H33ClN2O. The van der Waals surface area contributed by atoms with E-state index in [1.165, 1.54) is 11.1 Å². The number of phenols is 1. The highest BCUT2D eigenvalue weighted by molar-refractivity contribution is 6.31.